The largest absolute Gasteiger partial charge is 0.548 e. The Hall–Kier alpha value is -3.52. The summed E-state index contributed by atoms with van der Waals surface area (Å²) in [5, 5.41) is 25.0. The first-order valence-electron chi connectivity index (χ1n) is 9.89. The molecule has 17 heteroatoms. The second-order valence-corrected chi connectivity index (χ2v) is 8.50. The summed E-state index contributed by atoms with van der Waals surface area (Å²) in [5.41, 5.74) is 2.66. The summed E-state index contributed by atoms with van der Waals surface area (Å²) in [6, 6.07) is 7.02. The molecule has 1 aromatic carbocycles. The number of rotatable bonds is 10. The van der Waals surface area contributed by atoms with Crippen LogP contribution in [-0.2, 0) is 18.6 Å². The van der Waals surface area contributed by atoms with Crippen LogP contribution >= 0.6 is 8.18 Å². The molecule has 35 heavy (non-hydrogen) atoms. The van der Waals surface area contributed by atoms with Gasteiger partial charge in [0.15, 0.2) is 17.5 Å². The van der Waals surface area contributed by atoms with E-state index in [0.29, 0.717) is 9.40 Å². The van der Waals surface area contributed by atoms with Gasteiger partial charge in [-0.05, 0) is 19.1 Å². The zero-order valence-electron chi connectivity index (χ0n) is 17.9. The number of nitrogens with one attached hydrogen (secondary N) is 2. The van der Waals surface area contributed by atoms with E-state index in [1.54, 1.807) is 18.2 Å². The molecule has 0 aliphatic carbocycles. The molecule has 2 aromatic rings. The van der Waals surface area contributed by atoms with Gasteiger partial charge in [0.1, 0.15) is 24.0 Å². The fourth-order valence-electron chi connectivity index (χ4n) is 3.10. The molecule has 1 aliphatic rings. The number of aromatic nitrogens is 2. The molecule has 0 amide bonds. The lowest BCUT2D eigenvalue weighted by atomic mass is 10.1. The molecule has 15 nitrogen and oxygen atoms in total. The number of hydrogen-bond acceptors (Lipinski definition) is 11. The van der Waals surface area contributed by atoms with Gasteiger partial charge in [-0.25, -0.2) is 9.18 Å². The number of hydroxylamine groups is 1. The SMILES string of the molecule is CC(C(=O)[O-])N(Oc1ccccc1)[PH](=O)OC[C@@]1(N=[N+]=N)O[C@@H](n2ccc(=O)[nH]c2=O)[C@H](O)[C@@H]1F. The van der Waals surface area contributed by atoms with Gasteiger partial charge >= 0.3 is 11.4 Å². The second kappa shape index (κ2) is 10.8. The maximum atomic E-state index is 15.1. The van der Waals surface area contributed by atoms with E-state index in [4.69, 9.17) is 19.6 Å². The van der Waals surface area contributed by atoms with E-state index < -0.39 is 62.3 Å². The normalized spacial score (nSPS) is 25.5. The monoisotopic (exact) mass is 514 g/mol. The summed E-state index contributed by atoms with van der Waals surface area (Å²) < 4.78 is 39.2. The number of halogens is 1. The van der Waals surface area contributed by atoms with Crippen molar-refractivity contribution in [3.05, 3.63) is 63.4 Å². The summed E-state index contributed by atoms with van der Waals surface area (Å²) in [4.78, 5) is 45.2. The molecule has 0 saturated carbocycles. The van der Waals surface area contributed by atoms with E-state index >= 15 is 4.39 Å². The number of carboxylic acid groups (broad SMARTS) is 1. The second-order valence-electron chi connectivity index (χ2n) is 7.24. The molecular weight excluding hydrogens is 494 g/mol. The average Bonchev–Trinajstić information content (AvgIpc) is 3.07. The fourth-order valence-corrected chi connectivity index (χ4v) is 4.16. The molecule has 1 saturated heterocycles. The number of aromatic amines is 1. The topological polar surface area (TPSA) is 214 Å². The highest BCUT2D eigenvalue weighted by atomic mass is 31.1. The van der Waals surface area contributed by atoms with Crippen molar-refractivity contribution in [3.63, 3.8) is 0 Å². The maximum absolute atomic E-state index is 15.1. The standard InChI is InChI=1S/C18H20FN6O9P/c1-10(16(28)29)25(34-11-5-3-2-4-6-11)35(31)32-9-18(22-23-20)14(19)13(27)15(33-18)24-8-7-12(26)21-17(24)30/h2-8,10,13-15,20,27,35H,9H2,1H3,(H-,21,26,28,29,30)/t10?,13-,14+,15-,18-/m1/s1. The van der Waals surface area contributed by atoms with Crippen molar-refractivity contribution in [2.24, 2.45) is 5.11 Å². The molecule has 188 valence electrons. The molecule has 2 heterocycles. The highest BCUT2D eigenvalue weighted by Crippen LogP contribution is 2.42. The number of para-hydroxylation sites is 1. The molecule has 1 aromatic heterocycles. The number of aliphatic hydroxyl groups is 1. The van der Waals surface area contributed by atoms with E-state index in [-0.39, 0.29) is 5.75 Å². The van der Waals surface area contributed by atoms with Crippen LogP contribution in [0.25, 0.3) is 0 Å². The van der Waals surface area contributed by atoms with Gasteiger partial charge in [0, 0.05) is 12.3 Å². The molecular formula is C18H20FN6O9P. The lowest BCUT2D eigenvalue weighted by molar-refractivity contribution is -0.313. The Morgan fingerprint density at radius 3 is 2.74 bits per heavy atom. The summed E-state index contributed by atoms with van der Waals surface area (Å²) in [5.74, 6) is -1.55. The Labute approximate surface area is 195 Å². The molecule has 0 spiro atoms. The Kier molecular flexibility index (Phi) is 8.07. The first-order chi connectivity index (χ1) is 16.6. The van der Waals surface area contributed by atoms with E-state index in [1.807, 2.05) is 4.98 Å². The number of carboxylic acids is 1. The number of nitrogens with zero attached hydrogens (tertiary/aromatic N) is 4. The van der Waals surface area contributed by atoms with Crippen LogP contribution in [0.2, 0.25) is 0 Å². The van der Waals surface area contributed by atoms with Gasteiger partial charge in [0.25, 0.3) is 13.7 Å². The lowest BCUT2D eigenvalue weighted by Gasteiger charge is -2.28. The van der Waals surface area contributed by atoms with Crippen LogP contribution in [0.5, 0.6) is 5.75 Å². The third kappa shape index (κ3) is 5.59. The van der Waals surface area contributed by atoms with E-state index in [2.05, 4.69) is 10.0 Å². The number of alkyl halides is 1. The lowest BCUT2D eigenvalue weighted by Crippen LogP contribution is -2.46. The van der Waals surface area contributed by atoms with Crippen molar-refractivity contribution in [2.75, 3.05) is 6.61 Å². The highest BCUT2D eigenvalue weighted by molar-refractivity contribution is 7.36. The van der Waals surface area contributed by atoms with Gasteiger partial charge in [-0.1, -0.05) is 23.0 Å². The molecule has 6 atom stereocenters. The number of carbonyl (C=O) groups is 1. The minimum atomic E-state index is -3.61. The van der Waals surface area contributed by atoms with E-state index in [0.717, 1.165) is 19.2 Å². The number of aliphatic hydroxyl groups excluding tert-OH is 1. The van der Waals surface area contributed by atoms with Gasteiger partial charge < -0.3 is 29.1 Å². The van der Waals surface area contributed by atoms with E-state index in [9.17, 15) is 29.2 Å². The van der Waals surface area contributed by atoms with Gasteiger partial charge in [-0.2, -0.15) is 0 Å². The molecule has 0 bridgehead atoms. The van der Waals surface area contributed by atoms with Gasteiger partial charge in [0.05, 0.1) is 12.0 Å². The first kappa shape index (κ1) is 26.1. The zero-order chi connectivity index (χ0) is 25.8. The van der Waals surface area contributed by atoms with Crippen LogP contribution in [0.3, 0.4) is 0 Å². The highest BCUT2D eigenvalue weighted by Gasteiger charge is 2.61. The van der Waals surface area contributed by atoms with Crippen molar-refractivity contribution in [1.29, 1.82) is 5.53 Å². The number of benzene rings is 1. The van der Waals surface area contributed by atoms with Crippen LogP contribution in [0.15, 0.2) is 57.3 Å². The van der Waals surface area contributed by atoms with Crippen molar-refractivity contribution in [1.82, 2.24) is 19.3 Å². The minimum Gasteiger partial charge on any atom is -0.548 e. The zero-order valence-corrected chi connectivity index (χ0v) is 18.9. The van der Waals surface area contributed by atoms with Crippen LogP contribution < -0.4 is 26.1 Å². The minimum absolute atomic E-state index is 0.108. The van der Waals surface area contributed by atoms with Crippen LogP contribution in [0.4, 0.5) is 4.39 Å². The van der Waals surface area contributed by atoms with Crippen molar-refractivity contribution in [2.45, 2.75) is 37.2 Å². The molecule has 0 radical (unpaired) electrons. The Bertz CT molecular complexity index is 1250. The third-order valence-electron chi connectivity index (χ3n) is 4.91. The van der Waals surface area contributed by atoms with Gasteiger partial charge in [-0.3, -0.25) is 18.9 Å². The van der Waals surface area contributed by atoms with Crippen molar-refractivity contribution in [3.8, 4) is 5.75 Å². The third-order valence-corrected chi connectivity index (χ3v) is 6.14. The number of aliphatic carboxylic acids is 1. The fraction of sp³-hybridized carbons (Fsp3) is 0.389. The van der Waals surface area contributed by atoms with Gasteiger partial charge in [-0.15, -0.1) is 0 Å². The predicted octanol–water partition coefficient (Wildman–Crippen LogP) is -1.15. The Balaban J connectivity index is 1.85. The van der Waals surface area contributed by atoms with Crippen molar-refractivity contribution < 1.29 is 38.1 Å². The van der Waals surface area contributed by atoms with Crippen LogP contribution in [0, 0.1) is 5.53 Å². The van der Waals surface area contributed by atoms with E-state index in [1.165, 1.54) is 12.1 Å². The quantitative estimate of drug-likeness (QED) is 0.150. The number of ether oxygens (including phenoxy) is 1. The average molecular weight is 514 g/mol. The summed E-state index contributed by atoms with van der Waals surface area (Å²) >= 11 is 0. The summed E-state index contributed by atoms with van der Waals surface area (Å²) in [7, 11) is -3.61. The number of hydrogen-bond donors (Lipinski definition) is 3. The summed E-state index contributed by atoms with van der Waals surface area (Å²) in [6.45, 7) is 0.0737. The molecule has 1 aliphatic heterocycles. The van der Waals surface area contributed by atoms with Crippen LogP contribution in [0.1, 0.15) is 13.2 Å². The smallest absolute Gasteiger partial charge is 0.330 e. The number of H-pyrrole nitrogens is 1. The molecule has 3 rings (SSSR count). The van der Waals surface area contributed by atoms with Crippen LogP contribution in [-0.4, -0.2) is 56.1 Å². The van der Waals surface area contributed by atoms with Gasteiger partial charge in [0.2, 0.25) is 4.91 Å². The maximum Gasteiger partial charge on any atom is 0.330 e. The Morgan fingerprint density at radius 2 is 2.14 bits per heavy atom. The molecule has 1 fully saturated rings. The first-order valence-corrected chi connectivity index (χ1v) is 11.2. The van der Waals surface area contributed by atoms with Crippen molar-refractivity contribution >= 4 is 14.1 Å². The molecule has 2 unspecified atom stereocenters. The molecule has 3 N–H and O–H groups in total. The summed E-state index contributed by atoms with van der Waals surface area (Å²) in [6.07, 6.45) is -5.29. The predicted molar refractivity (Wildman–Crippen MR) is 111 cm³/mol. The number of carbonyl (C=O) groups excluding carboxylic acids is 1. The Morgan fingerprint density at radius 1 is 1.46 bits per heavy atom.